The molecule has 1 unspecified atom stereocenters. The van der Waals surface area contributed by atoms with Crippen LogP contribution in [0.3, 0.4) is 0 Å². The largest absolute Gasteiger partial charge is 0.480 e. The molecule has 1 heterocycles. The summed E-state index contributed by atoms with van der Waals surface area (Å²) in [6.07, 6.45) is 2.96. The van der Waals surface area contributed by atoms with E-state index in [9.17, 15) is 14.7 Å². The van der Waals surface area contributed by atoms with Gasteiger partial charge < -0.3 is 10.0 Å². The lowest BCUT2D eigenvalue weighted by atomic mass is 10.1. The molecule has 1 aliphatic carbocycles. The van der Waals surface area contributed by atoms with Gasteiger partial charge in [-0.25, -0.2) is 4.79 Å². The van der Waals surface area contributed by atoms with Crippen LogP contribution in [-0.2, 0) is 9.59 Å². The van der Waals surface area contributed by atoms with E-state index in [1.54, 1.807) is 0 Å². The predicted octanol–water partition coefficient (Wildman–Crippen LogP) is 1.40. The Balaban J connectivity index is 1.98. The molecule has 1 N–H and O–H groups in total. The molecule has 2 fully saturated rings. The van der Waals surface area contributed by atoms with Crippen LogP contribution in [0.25, 0.3) is 10.4 Å². The SMILES string of the molecule is [N-]=[N+]=NCC1CC(=O)N([C@@H](CC2CC2)C(=O)O)C1. The molecule has 0 radical (unpaired) electrons. The van der Waals surface area contributed by atoms with Crippen LogP contribution in [0.1, 0.15) is 25.7 Å². The average Bonchev–Trinajstić information content (AvgIpc) is 3.07. The maximum atomic E-state index is 11.8. The van der Waals surface area contributed by atoms with Crippen LogP contribution in [0.5, 0.6) is 0 Å². The van der Waals surface area contributed by atoms with Gasteiger partial charge in [0, 0.05) is 24.4 Å². The molecule has 7 heteroatoms. The Labute approximate surface area is 104 Å². The van der Waals surface area contributed by atoms with E-state index in [0.717, 1.165) is 12.8 Å². The second-order valence-corrected chi connectivity index (χ2v) is 5.06. The first-order chi connectivity index (χ1) is 8.61. The summed E-state index contributed by atoms with van der Waals surface area (Å²) in [5, 5.41) is 12.7. The molecule has 1 aliphatic heterocycles. The minimum absolute atomic E-state index is 0.0468. The molecule has 2 aliphatic rings. The molecule has 0 spiro atoms. The van der Waals surface area contributed by atoms with Gasteiger partial charge in [-0.15, -0.1) is 0 Å². The highest BCUT2D eigenvalue weighted by Gasteiger charge is 2.40. The topological polar surface area (TPSA) is 106 Å². The van der Waals surface area contributed by atoms with Crippen LogP contribution in [-0.4, -0.2) is 41.0 Å². The van der Waals surface area contributed by atoms with Crippen LogP contribution in [0.15, 0.2) is 5.11 Å². The van der Waals surface area contributed by atoms with Gasteiger partial charge in [0.25, 0.3) is 0 Å². The molecule has 1 saturated carbocycles. The van der Waals surface area contributed by atoms with Gasteiger partial charge in [0.1, 0.15) is 6.04 Å². The van der Waals surface area contributed by atoms with Crippen molar-refractivity contribution in [3.8, 4) is 0 Å². The number of carboxylic acids is 1. The van der Waals surface area contributed by atoms with E-state index in [-0.39, 0.29) is 24.8 Å². The zero-order valence-corrected chi connectivity index (χ0v) is 10.0. The van der Waals surface area contributed by atoms with Crippen molar-refractivity contribution < 1.29 is 14.7 Å². The predicted molar refractivity (Wildman–Crippen MR) is 62.6 cm³/mol. The number of aliphatic carboxylic acids is 1. The number of carbonyl (C=O) groups excluding carboxylic acids is 1. The molecule has 98 valence electrons. The minimum Gasteiger partial charge on any atom is -0.480 e. The lowest BCUT2D eigenvalue weighted by Crippen LogP contribution is -2.42. The van der Waals surface area contributed by atoms with E-state index >= 15 is 0 Å². The normalized spacial score (nSPS) is 24.8. The van der Waals surface area contributed by atoms with Gasteiger partial charge >= 0.3 is 5.97 Å². The van der Waals surface area contributed by atoms with Crippen molar-refractivity contribution in [2.75, 3.05) is 13.1 Å². The van der Waals surface area contributed by atoms with Gasteiger partial charge in [-0.05, 0) is 23.8 Å². The van der Waals surface area contributed by atoms with E-state index in [4.69, 9.17) is 5.53 Å². The third kappa shape index (κ3) is 2.92. The van der Waals surface area contributed by atoms with Crippen LogP contribution < -0.4 is 0 Å². The third-order valence-corrected chi connectivity index (χ3v) is 3.56. The van der Waals surface area contributed by atoms with Crippen molar-refractivity contribution in [1.29, 1.82) is 0 Å². The maximum Gasteiger partial charge on any atom is 0.326 e. The highest BCUT2D eigenvalue weighted by Crippen LogP contribution is 2.36. The summed E-state index contributed by atoms with van der Waals surface area (Å²) in [6, 6.07) is -0.707. The van der Waals surface area contributed by atoms with Gasteiger partial charge in [0.2, 0.25) is 5.91 Å². The lowest BCUT2D eigenvalue weighted by molar-refractivity contribution is -0.148. The summed E-state index contributed by atoms with van der Waals surface area (Å²) >= 11 is 0. The van der Waals surface area contributed by atoms with Crippen molar-refractivity contribution in [1.82, 2.24) is 4.90 Å². The van der Waals surface area contributed by atoms with Gasteiger partial charge in [0.15, 0.2) is 0 Å². The maximum absolute atomic E-state index is 11.8. The Kier molecular flexibility index (Phi) is 3.72. The summed E-state index contributed by atoms with van der Waals surface area (Å²) < 4.78 is 0. The average molecular weight is 252 g/mol. The molecule has 18 heavy (non-hydrogen) atoms. The quantitative estimate of drug-likeness (QED) is 0.438. The molecule has 0 bridgehead atoms. The number of carbonyl (C=O) groups is 2. The number of hydrogen-bond donors (Lipinski definition) is 1. The Bertz CT molecular complexity index is 401. The zero-order chi connectivity index (χ0) is 13.1. The van der Waals surface area contributed by atoms with Crippen LogP contribution in [0.2, 0.25) is 0 Å². The van der Waals surface area contributed by atoms with Crippen molar-refractivity contribution in [2.24, 2.45) is 17.0 Å². The first-order valence-corrected chi connectivity index (χ1v) is 6.15. The molecular weight excluding hydrogens is 236 g/mol. The van der Waals surface area contributed by atoms with E-state index in [1.165, 1.54) is 4.90 Å². The molecule has 0 aromatic heterocycles. The zero-order valence-electron chi connectivity index (χ0n) is 10.0. The molecule has 2 rings (SSSR count). The Morgan fingerprint density at radius 1 is 1.56 bits per heavy atom. The second-order valence-electron chi connectivity index (χ2n) is 5.06. The first kappa shape index (κ1) is 12.7. The number of likely N-dealkylation sites (tertiary alicyclic amines) is 1. The minimum atomic E-state index is -0.931. The van der Waals surface area contributed by atoms with E-state index in [0.29, 0.717) is 18.9 Å². The first-order valence-electron chi connectivity index (χ1n) is 6.15. The van der Waals surface area contributed by atoms with Gasteiger partial charge in [-0.1, -0.05) is 18.0 Å². The second kappa shape index (κ2) is 5.27. The van der Waals surface area contributed by atoms with Crippen molar-refractivity contribution in [3.05, 3.63) is 10.4 Å². The fourth-order valence-electron chi connectivity index (χ4n) is 2.41. The lowest BCUT2D eigenvalue weighted by Gasteiger charge is -2.24. The molecular formula is C11H16N4O3. The third-order valence-electron chi connectivity index (χ3n) is 3.56. The van der Waals surface area contributed by atoms with Crippen LogP contribution in [0, 0.1) is 11.8 Å². The smallest absolute Gasteiger partial charge is 0.326 e. The van der Waals surface area contributed by atoms with E-state index < -0.39 is 12.0 Å². The number of hydrogen-bond acceptors (Lipinski definition) is 3. The monoisotopic (exact) mass is 252 g/mol. The summed E-state index contributed by atoms with van der Waals surface area (Å²) in [6.45, 7) is 0.649. The van der Waals surface area contributed by atoms with Crippen molar-refractivity contribution in [3.63, 3.8) is 0 Å². The van der Waals surface area contributed by atoms with Crippen molar-refractivity contribution in [2.45, 2.75) is 31.7 Å². The van der Waals surface area contributed by atoms with Crippen LogP contribution in [0.4, 0.5) is 0 Å². The molecule has 1 saturated heterocycles. The van der Waals surface area contributed by atoms with Gasteiger partial charge in [-0.2, -0.15) is 0 Å². The fraction of sp³-hybridized carbons (Fsp3) is 0.818. The number of amides is 1. The number of rotatable bonds is 6. The van der Waals surface area contributed by atoms with Gasteiger partial charge in [0.05, 0.1) is 0 Å². The number of nitrogens with zero attached hydrogens (tertiary/aromatic N) is 4. The van der Waals surface area contributed by atoms with E-state index in [2.05, 4.69) is 10.0 Å². The summed E-state index contributed by atoms with van der Waals surface area (Å²) in [4.78, 5) is 27.2. The molecule has 2 atom stereocenters. The standard InChI is InChI=1S/C11H16N4O3/c12-14-13-5-8-4-10(16)15(6-8)9(11(17)18)3-7-1-2-7/h7-9H,1-6H2,(H,17,18)/t8?,9-/m0/s1. The summed E-state index contributed by atoms with van der Waals surface area (Å²) in [5.74, 6) is -0.662. The Morgan fingerprint density at radius 3 is 2.83 bits per heavy atom. The van der Waals surface area contributed by atoms with Gasteiger partial charge in [-0.3, -0.25) is 4.79 Å². The number of carboxylic acid groups (broad SMARTS) is 1. The van der Waals surface area contributed by atoms with Crippen molar-refractivity contribution >= 4 is 11.9 Å². The summed E-state index contributed by atoms with van der Waals surface area (Å²) in [5.41, 5.74) is 8.25. The highest BCUT2D eigenvalue weighted by molar-refractivity contribution is 5.85. The molecule has 7 nitrogen and oxygen atoms in total. The van der Waals surface area contributed by atoms with Crippen LogP contribution >= 0.6 is 0 Å². The highest BCUT2D eigenvalue weighted by atomic mass is 16.4. The van der Waals surface area contributed by atoms with E-state index in [1.807, 2.05) is 0 Å². The molecule has 1 amide bonds. The Morgan fingerprint density at radius 2 is 2.28 bits per heavy atom. The Hall–Kier alpha value is -1.75. The summed E-state index contributed by atoms with van der Waals surface area (Å²) in [7, 11) is 0. The molecule has 0 aromatic carbocycles. The fourth-order valence-corrected chi connectivity index (χ4v) is 2.41. The number of azide groups is 1. The molecule has 0 aromatic rings.